The van der Waals surface area contributed by atoms with Gasteiger partial charge in [-0.05, 0) is 87.7 Å². The largest absolute Gasteiger partial charge is 0.316 e. The number of hydrogen-bond donors (Lipinski definition) is 1. The zero-order chi connectivity index (χ0) is 29.0. The molecule has 208 valence electrons. The first-order valence-electron chi connectivity index (χ1n) is 12.2. The molecular formula is C29H28Cl2N4O3S2. The van der Waals surface area contributed by atoms with Crippen molar-refractivity contribution in [2.45, 2.75) is 30.6 Å². The van der Waals surface area contributed by atoms with Crippen molar-refractivity contribution < 1.29 is 13.2 Å². The summed E-state index contributed by atoms with van der Waals surface area (Å²) in [6.07, 6.45) is 3.43. The Hall–Kier alpha value is -3.24. The van der Waals surface area contributed by atoms with Crippen LogP contribution in [0.4, 0.5) is 5.69 Å². The molecule has 3 aromatic carbocycles. The van der Waals surface area contributed by atoms with E-state index < -0.39 is 22.5 Å². The van der Waals surface area contributed by atoms with Crippen LogP contribution in [0.5, 0.6) is 0 Å². The van der Waals surface area contributed by atoms with Crippen LogP contribution in [0.1, 0.15) is 22.5 Å². The Kier molecular flexibility index (Phi) is 9.30. The lowest BCUT2D eigenvalue weighted by Gasteiger charge is -2.24. The molecule has 0 aliphatic heterocycles. The van der Waals surface area contributed by atoms with Crippen molar-refractivity contribution in [3.8, 4) is 5.69 Å². The molecule has 11 heteroatoms. The van der Waals surface area contributed by atoms with Gasteiger partial charge in [0.25, 0.3) is 15.9 Å². The minimum absolute atomic E-state index is 0.0919. The number of halogens is 2. The number of aromatic nitrogens is 1. The van der Waals surface area contributed by atoms with E-state index in [2.05, 4.69) is 10.5 Å². The molecule has 0 aliphatic carbocycles. The third-order valence-electron chi connectivity index (χ3n) is 6.27. The molecule has 40 heavy (non-hydrogen) atoms. The Bertz CT molecular complexity index is 1670. The van der Waals surface area contributed by atoms with E-state index >= 15 is 0 Å². The maximum absolute atomic E-state index is 13.6. The summed E-state index contributed by atoms with van der Waals surface area (Å²) < 4.78 is 30.2. The summed E-state index contributed by atoms with van der Waals surface area (Å²) in [5, 5.41) is 5.21. The Morgan fingerprint density at radius 3 is 2.33 bits per heavy atom. The molecule has 1 N–H and O–H groups in total. The number of amides is 1. The van der Waals surface area contributed by atoms with E-state index in [0.29, 0.717) is 15.7 Å². The summed E-state index contributed by atoms with van der Waals surface area (Å²) in [4.78, 5) is 14.0. The summed E-state index contributed by atoms with van der Waals surface area (Å²) in [6, 6.07) is 20.6. The molecule has 0 saturated heterocycles. The van der Waals surface area contributed by atoms with Crippen LogP contribution in [0.2, 0.25) is 10.0 Å². The highest BCUT2D eigenvalue weighted by atomic mass is 35.5. The maximum atomic E-state index is 13.6. The number of carbonyl (C=O) groups excluding carboxylic acids is 1. The molecule has 7 nitrogen and oxygen atoms in total. The van der Waals surface area contributed by atoms with Crippen LogP contribution in [0.15, 0.2) is 87.7 Å². The van der Waals surface area contributed by atoms with Crippen LogP contribution < -0.4 is 9.73 Å². The second kappa shape index (κ2) is 12.5. The van der Waals surface area contributed by atoms with E-state index in [9.17, 15) is 13.2 Å². The zero-order valence-electron chi connectivity index (χ0n) is 22.4. The molecule has 0 saturated carbocycles. The number of nitrogens with zero attached hydrogens (tertiary/aromatic N) is 3. The number of rotatable bonds is 9. The van der Waals surface area contributed by atoms with Crippen molar-refractivity contribution in [3.63, 3.8) is 0 Å². The van der Waals surface area contributed by atoms with Crippen molar-refractivity contribution in [2.24, 2.45) is 5.10 Å². The standard InChI is InChI=1S/C29H28Cl2N4O3S2/c1-19-5-8-24(9-6-19)34(40(37,38)26-12-10-25(39-4)11-13-26)18-29(36)33-32-17-22-15-20(2)35(21(22)3)28-16-23(30)7-14-27(28)31/h5-17H,18H2,1-4H3,(H,33,36)/b32-17-. The molecule has 0 aliphatic rings. The Balaban J connectivity index is 1.56. The van der Waals surface area contributed by atoms with E-state index in [1.807, 2.05) is 37.7 Å². The molecule has 1 aromatic heterocycles. The lowest BCUT2D eigenvalue weighted by Crippen LogP contribution is -2.39. The van der Waals surface area contributed by atoms with Gasteiger partial charge in [0, 0.05) is 26.9 Å². The number of nitrogens with one attached hydrogen (secondary N) is 1. The molecule has 0 spiro atoms. The van der Waals surface area contributed by atoms with E-state index in [1.54, 1.807) is 66.7 Å². The number of anilines is 1. The first kappa shape index (κ1) is 29.7. The molecule has 0 radical (unpaired) electrons. The van der Waals surface area contributed by atoms with Gasteiger partial charge in [-0.15, -0.1) is 11.8 Å². The number of hydrogen-bond acceptors (Lipinski definition) is 5. The van der Waals surface area contributed by atoms with Gasteiger partial charge in [0.15, 0.2) is 0 Å². The molecule has 4 aromatic rings. The number of hydrazone groups is 1. The highest BCUT2D eigenvalue weighted by molar-refractivity contribution is 7.98. The second-order valence-corrected chi connectivity index (χ2v) is 12.7. The molecule has 0 fully saturated rings. The molecule has 0 unspecified atom stereocenters. The fourth-order valence-corrected chi connectivity index (χ4v) is 6.38. The first-order chi connectivity index (χ1) is 19.0. The molecule has 0 atom stereocenters. The number of sulfonamides is 1. The summed E-state index contributed by atoms with van der Waals surface area (Å²) in [5.41, 5.74) is 7.04. The van der Waals surface area contributed by atoms with Crippen molar-refractivity contribution in [1.82, 2.24) is 9.99 Å². The quantitative estimate of drug-likeness (QED) is 0.128. The van der Waals surface area contributed by atoms with Gasteiger partial charge < -0.3 is 4.57 Å². The van der Waals surface area contributed by atoms with Crippen molar-refractivity contribution in [1.29, 1.82) is 0 Å². The summed E-state index contributed by atoms with van der Waals surface area (Å²) in [7, 11) is -4.03. The second-order valence-electron chi connectivity index (χ2n) is 9.07. The third kappa shape index (κ3) is 6.55. The number of carbonyl (C=O) groups is 1. The van der Waals surface area contributed by atoms with Gasteiger partial charge in [0.1, 0.15) is 6.54 Å². The van der Waals surface area contributed by atoms with Gasteiger partial charge in [-0.2, -0.15) is 5.10 Å². The monoisotopic (exact) mass is 614 g/mol. The number of benzene rings is 3. The van der Waals surface area contributed by atoms with Gasteiger partial charge in [0.2, 0.25) is 0 Å². The normalized spacial score (nSPS) is 11.7. The minimum Gasteiger partial charge on any atom is -0.316 e. The summed E-state index contributed by atoms with van der Waals surface area (Å²) in [6.45, 7) is 5.28. The van der Waals surface area contributed by atoms with Gasteiger partial charge in [-0.25, -0.2) is 13.8 Å². The lowest BCUT2D eigenvalue weighted by atomic mass is 10.2. The van der Waals surface area contributed by atoms with Crippen LogP contribution in [0, 0.1) is 20.8 Å². The Morgan fingerprint density at radius 2 is 1.68 bits per heavy atom. The van der Waals surface area contributed by atoms with E-state index in [-0.39, 0.29) is 4.90 Å². The average Bonchev–Trinajstić information content (AvgIpc) is 3.21. The molecule has 1 amide bonds. The van der Waals surface area contributed by atoms with Crippen molar-refractivity contribution in [2.75, 3.05) is 17.1 Å². The lowest BCUT2D eigenvalue weighted by molar-refractivity contribution is -0.119. The highest BCUT2D eigenvalue weighted by Gasteiger charge is 2.27. The number of thioether (sulfide) groups is 1. The van der Waals surface area contributed by atoms with Crippen LogP contribution >= 0.6 is 35.0 Å². The van der Waals surface area contributed by atoms with Crippen molar-refractivity contribution in [3.05, 3.63) is 105 Å². The minimum atomic E-state index is -4.03. The van der Waals surface area contributed by atoms with Gasteiger partial charge in [0.05, 0.1) is 27.5 Å². The maximum Gasteiger partial charge on any atom is 0.264 e. The highest BCUT2D eigenvalue weighted by Crippen LogP contribution is 2.29. The van der Waals surface area contributed by atoms with Crippen LogP contribution in [0.3, 0.4) is 0 Å². The van der Waals surface area contributed by atoms with Gasteiger partial charge >= 0.3 is 0 Å². The van der Waals surface area contributed by atoms with Crippen molar-refractivity contribution >= 4 is 62.8 Å². The predicted octanol–water partition coefficient (Wildman–Crippen LogP) is 6.78. The summed E-state index contributed by atoms with van der Waals surface area (Å²) in [5.74, 6) is -0.590. The fourth-order valence-electron chi connectivity index (χ4n) is 4.19. The smallest absolute Gasteiger partial charge is 0.264 e. The molecule has 4 rings (SSSR count). The fraction of sp³-hybridized carbons (Fsp3) is 0.172. The van der Waals surface area contributed by atoms with E-state index in [0.717, 1.165) is 37.4 Å². The average molecular weight is 616 g/mol. The first-order valence-corrected chi connectivity index (χ1v) is 15.6. The van der Waals surface area contributed by atoms with Crippen LogP contribution in [0.25, 0.3) is 5.69 Å². The Morgan fingerprint density at radius 1 is 1.00 bits per heavy atom. The predicted molar refractivity (Wildman–Crippen MR) is 165 cm³/mol. The topological polar surface area (TPSA) is 83.8 Å². The van der Waals surface area contributed by atoms with Gasteiger partial charge in [-0.3, -0.25) is 9.10 Å². The zero-order valence-corrected chi connectivity index (χ0v) is 25.5. The SMILES string of the molecule is CSc1ccc(S(=O)(=O)N(CC(=O)N/N=C\c2cc(C)n(-c3cc(Cl)ccc3Cl)c2C)c2ccc(C)cc2)cc1. The van der Waals surface area contributed by atoms with E-state index in [1.165, 1.54) is 18.0 Å². The number of aryl methyl sites for hydroxylation is 2. The van der Waals surface area contributed by atoms with Crippen LogP contribution in [-0.4, -0.2) is 37.9 Å². The van der Waals surface area contributed by atoms with E-state index in [4.69, 9.17) is 23.2 Å². The van der Waals surface area contributed by atoms with Gasteiger partial charge in [-0.1, -0.05) is 40.9 Å². The van der Waals surface area contributed by atoms with Crippen LogP contribution in [-0.2, 0) is 14.8 Å². The molecular weight excluding hydrogens is 587 g/mol. The molecule has 0 bridgehead atoms. The third-order valence-corrected chi connectivity index (χ3v) is 9.36. The molecule has 1 heterocycles. The summed E-state index contributed by atoms with van der Waals surface area (Å²) >= 11 is 14.1. The Labute approximate surface area is 248 Å².